The number of carbonyl (C=O) groups excluding carboxylic acids is 2. The Bertz CT molecular complexity index is 540. The first-order valence-electron chi connectivity index (χ1n) is 7.56. The average molecular weight is 308 g/mol. The Morgan fingerprint density at radius 1 is 1.50 bits per heavy atom. The van der Waals surface area contributed by atoms with Crippen LogP contribution in [0.15, 0.2) is 16.5 Å². The molecule has 122 valence electrons. The molecule has 0 spiro atoms. The highest BCUT2D eigenvalue weighted by Crippen LogP contribution is 2.25. The lowest BCUT2D eigenvalue weighted by Gasteiger charge is -2.26. The predicted octanol–water partition coefficient (Wildman–Crippen LogP) is 1.93. The monoisotopic (exact) mass is 308 g/mol. The van der Waals surface area contributed by atoms with Gasteiger partial charge in [0.15, 0.2) is 0 Å². The third-order valence-electron chi connectivity index (χ3n) is 4.36. The number of likely N-dealkylation sites (tertiary alicyclic amines) is 1. The van der Waals surface area contributed by atoms with Gasteiger partial charge in [0.25, 0.3) is 0 Å². The first kappa shape index (κ1) is 16.5. The summed E-state index contributed by atoms with van der Waals surface area (Å²) < 4.78 is 10.2. The van der Waals surface area contributed by atoms with Gasteiger partial charge in [-0.2, -0.15) is 0 Å². The first-order chi connectivity index (χ1) is 10.4. The zero-order chi connectivity index (χ0) is 16.3. The Morgan fingerprint density at radius 2 is 2.23 bits per heavy atom. The summed E-state index contributed by atoms with van der Waals surface area (Å²) in [5, 5.41) is 0. The fraction of sp³-hybridized carbons (Fsp3) is 0.625. The zero-order valence-corrected chi connectivity index (χ0v) is 13.7. The van der Waals surface area contributed by atoms with Gasteiger partial charge in [-0.25, -0.2) is 4.79 Å². The molecular formula is C16H24N2O4. The van der Waals surface area contributed by atoms with Gasteiger partial charge in [-0.15, -0.1) is 0 Å². The summed E-state index contributed by atoms with van der Waals surface area (Å²) in [6.07, 6.45) is 1.03. The predicted molar refractivity (Wildman–Crippen MR) is 81.5 cm³/mol. The number of hydrogen-bond donors (Lipinski definition) is 0. The minimum atomic E-state index is -0.464. The summed E-state index contributed by atoms with van der Waals surface area (Å²) in [7, 11) is 3.36. The molecule has 0 N–H and O–H groups in total. The first-order valence-corrected chi connectivity index (χ1v) is 7.56. The molecule has 2 atom stereocenters. The van der Waals surface area contributed by atoms with E-state index in [0.29, 0.717) is 5.92 Å². The van der Waals surface area contributed by atoms with Crippen LogP contribution in [0.5, 0.6) is 0 Å². The van der Waals surface area contributed by atoms with Crippen LogP contribution in [0.4, 0.5) is 0 Å². The summed E-state index contributed by atoms with van der Waals surface area (Å²) in [6, 6.07) is 3.51. The van der Waals surface area contributed by atoms with Crippen molar-refractivity contribution in [3.8, 4) is 0 Å². The molecule has 0 saturated carbocycles. The largest absolute Gasteiger partial charge is 0.463 e. The molecule has 1 aromatic heterocycles. The minimum Gasteiger partial charge on any atom is -0.463 e. The van der Waals surface area contributed by atoms with Crippen LogP contribution >= 0.6 is 0 Å². The van der Waals surface area contributed by atoms with Crippen molar-refractivity contribution >= 4 is 11.9 Å². The van der Waals surface area contributed by atoms with Gasteiger partial charge < -0.3 is 14.1 Å². The molecule has 2 rings (SSSR count). The van der Waals surface area contributed by atoms with Crippen LogP contribution in [-0.2, 0) is 9.53 Å². The van der Waals surface area contributed by atoms with E-state index in [1.807, 2.05) is 24.9 Å². The lowest BCUT2D eigenvalue weighted by Crippen LogP contribution is -2.31. The summed E-state index contributed by atoms with van der Waals surface area (Å²) in [5.74, 6) is 1.12. The molecule has 22 heavy (non-hydrogen) atoms. The van der Waals surface area contributed by atoms with Gasteiger partial charge in [-0.1, -0.05) is 0 Å². The van der Waals surface area contributed by atoms with Gasteiger partial charge in [0.1, 0.15) is 5.76 Å². The van der Waals surface area contributed by atoms with E-state index in [2.05, 4.69) is 9.64 Å². The molecule has 1 aliphatic rings. The summed E-state index contributed by atoms with van der Waals surface area (Å²) in [4.78, 5) is 26.9. The molecule has 0 aliphatic carbocycles. The van der Waals surface area contributed by atoms with Crippen molar-refractivity contribution in [2.24, 2.45) is 5.92 Å². The zero-order valence-electron chi connectivity index (χ0n) is 13.7. The van der Waals surface area contributed by atoms with Crippen LogP contribution in [0.25, 0.3) is 0 Å². The van der Waals surface area contributed by atoms with E-state index in [9.17, 15) is 9.59 Å². The van der Waals surface area contributed by atoms with Gasteiger partial charge in [0.05, 0.1) is 13.2 Å². The molecule has 0 radical (unpaired) electrons. The highest BCUT2D eigenvalue weighted by Gasteiger charge is 2.27. The highest BCUT2D eigenvalue weighted by molar-refractivity contribution is 5.86. The van der Waals surface area contributed by atoms with Crippen molar-refractivity contribution < 1.29 is 18.7 Å². The van der Waals surface area contributed by atoms with Crippen LogP contribution < -0.4 is 0 Å². The van der Waals surface area contributed by atoms with Gasteiger partial charge in [0, 0.05) is 26.6 Å². The van der Waals surface area contributed by atoms with E-state index in [0.717, 1.165) is 31.8 Å². The second-order valence-corrected chi connectivity index (χ2v) is 5.93. The Labute approximate surface area is 131 Å². The quantitative estimate of drug-likeness (QED) is 0.778. The minimum absolute atomic E-state index is 0.0600. The molecule has 1 aromatic rings. The van der Waals surface area contributed by atoms with E-state index in [1.54, 1.807) is 13.0 Å². The van der Waals surface area contributed by atoms with Crippen molar-refractivity contribution in [1.82, 2.24) is 9.80 Å². The SMILES string of the molecule is COC(=O)c1ccc(C(C)N(C)CC2CCN(C(C)=O)C2)o1. The van der Waals surface area contributed by atoms with Crippen LogP contribution in [0, 0.1) is 5.92 Å². The normalized spacial score (nSPS) is 19.5. The van der Waals surface area contributed by atoms with Gasteiger partial charge in [0.2, 0.25) is 11.7 Å². The number of esters is 1. The van der Waals surface area contributed by atoms with E-state index in [-0.39, 0.29) is 17.7 Å². The third-order valence-corrected chi connectivity index (χ3v) is 4.36. The molecule has 6 heteroatoms. The van der Waals surface area contributed by atoms with Crippen molar-refractivity contribution in [1.29, 1.82) is 0 Å². The van der Waals surface area contributed by atoms with Gasteiger partial charge in [-0.05, 0) is 38.4 Å². The van der Waals surface area contributed by atoms with E-state index in [4.69, 9.17) is 4.42 Å². The third kappa shape index (κ3) is 3.68. The van der Waals surface area contributed by atoms with Crippen LogP contribution in [0.1, 0.15) is 42.6 Å². The van der Waals surface area contributed by atoms with E-state index < -0.39 is 5.97 Å². The van der Waals surface area contributed by atoms with Crippen LogP contribution in [0.2, 0.25) is 0 Å². The fourth-order valence-corrected chi connectivity index (χ4v) is 2.84. The average Bonchev–Trinajstić information content (AvgIpc) is 3.14. The molecule has 0 bridgehead atoms. The second-order valence-electron chi connectivity index (χ2n) is 5.93. The number of nitrogens with zero attached hydrogens (tertiary/aromatic N) is 2. The van der Waals surface area contributed by atoms with Crippen molar-refractivity contribution in [2.45, 2.75) is 26.3 Å². The molecule has 6 nitrogen and oxygen atoms in total. The molecule has 1 fully saturated rings. The van der Waals surface area contributed by atoms with Crippen LogP contribution in [-0.4, -0.2) is 55.5 Å². The molecule has 2 unspecified atom stereocenters. The van der Waals surface area contributed by atoms with E-state index in [1.165, 1.54) is 7.11 Å². The topological polar surface area (TPSA) is 63.0 Å². The molecule has 2 heterocycles. The fourth-order valence-electron chi connectivity index (χ4n) is 2.84. The molecule has 1 saturated heterocycles. The van der Waals surface area contributed by atoms with E-state index >= 15 is 0 Å². The van der Waals surface area contributed by atoms with Crippen molar-refractivity contribution in [2.75, 3.05) is 33.8 Å². The number of carbonyl (C=O) groups is 2. The Balaban J connectivity index is 1.92. The number of furan rings is 1. The molecule has 1 amide bonds. The molecule has 0 aromatic carbocycles. The summed E-state index contributed by atoms with van der Waals surface area (Å²) in [5.41, 5.74) is 0. The smallest absolute Gasteiger partial charge is 0.373 e. The molecule has 1 aliphatic heterocycles. The Kier molecular flexibility index (Phi) is 5.24. The number of hydrogen-bond acceptors (Lipinski definition) is 5. The Morgan fingerprint density at radius 3 is 2.82 bits per heavy atom. The summed E-state index contributed by atoms with van der Waals surface area (Å²) >= 11 is 0. The Hall–Kier alpha value is -1.82. The lowest BCUT2D eigenvalue weighted by atomic mass is 10.1. The van der Waals surface area contributed by atoms with Crippen molar-refractivity contribution in [3.05, 3.63) is 23.7 Å². The van der Waals surface area contributed by atoms with Crippen LogP contribution in [0.3, 0.4) is 0 Å². The number of methoxy groups -OCH3 is 1. The van der Waals surface area contributed by atoms with Gasteiger partial charge in [-0.3, -0.25) is 9.69 Å². The number of ether oxygens (including phenoxy) is 1. The molecular weight excluding hydrogens is 284 g/mol. The maximum atomic E-state index is 11.4. The second kappa shape index (κ2) is 6.96. The summed E-state index contributed by atoms with van der Waals surface area (Å²) in [6.45, 7) is 6.20. The lowest BCUT2D eigenvalue weighted by molar-refractivity contribution is -0.127. The maximum Gasteiger partial charge on any atom is 0.373 e. The van der Waals surface area contributed by atoms with Gasteiger partial charge >= 0.3 is 5.97 Å². The number of rotatable bonds is 5. The highest BCUT2D eigenvalue weighted by atomic mass is 16.5. The van der Waals surface area contributed by atoms with Crippen molar-refractivity contribution in [3.63, 3.8) is 0 Å². The maximum absolute atomic E-state index is 11.4. The standard InChI is InChI=1S/C16H24N2O4/c1-11(14-5-6-15(22-14)16(20)21-4)17(3)9-13-7-8-18(10-13)12(2)19/h5-6,11,13H,7-10H2,1-4H3. The number of amides is 1.